The first kappa shape index (κ1) is 16.2. The average molecular weight is 378 g/mol. The Morgan fingerprint density at radius 2 is 2.08 bits per heavy atom. The van der Waals surface area contributed by atoms with Crippen LogP contribution in [0.4, 0.5) is 5.69 Å². The number of nitrogens with zero attached hydrogens (tertiary/aromatic N) is 3. The number of nitrogens with one attached hydrogen (secondary N) is 1. The molecule has 0 saturated carbocycles. The molecule has 0 aliphatic carbocycles. The van der Waals surface area contributed by atoms with Crippen molar-refractivity contribution in [1.82, 2.24) is 14.2 Å². The summed E-state index contributed by atoms with van der Waals surface area (Å²) in [5.41, 5.74) is 0.984. The van der Waals surface area contributed by atoms with E-state index in [1.54, 1.807) is 29.1 Å². The highest BCUT2D eigenvalue weighted by Gasteiger charge is 2.42. The van der Waals surface area contributed by atoms with Crippen molar-refractivity contribution in [3.05, 3.63) is 40.8 Å². The van der Waals surface area contributed by atoms with Crippen molar-refractivity contribution in [2.75, 3.05) is 25.0 Å². The Morgan fingerprint density at radius 1 is 1.24 bits per heavy atom. The minimum absolute atomic E-state index is 0.129. The number of hydrogen-bond acceptors (Lipinski definition) is 6. The molecule has 2 aromatic rings. The van der Waals surface area contributed by atoms with E-state index < -0.39 is 27.9 Å². The monoisotopic (exact) mass is 378 g/mol. The van der Waals surface area contributed by atoms with Crippen molar-refractivity contribution in [1.29, 1.82) is 0 Å². The molecule has 8 nitrogen and oxygen atoms in total. The normalized spacial score (nSPS) is 21.3. The number of carbonyl (C=O) groups is 2. The van der Waals surface area contributed by atoms with E-state index in [9.17, 15) is 18.0 Å². The van der Waals surface area contributed by atoms with Crippen molar-refractivity contribution < 1.29 is 18.0 Å². The molecule has 1 N–H and O–H groups in total. The number of sulfonamides is 1. The summed E-state index contributed by atoms with van der Waals surface area (Å²) < 4.78 is 27.5. The van der Waals surface area contributed by atoms with Crippen LogP contribution in [0.25, 0.3) is 0 Å². The Hall–Kier alpha value is -2.30. The Balaban J connectivity index is 1.83. The van der Waals surface area contributed by atoms with Crippen molar-refractivity contribution in [2.24, 2.45) is 0 Å². The van der Waals surface area contributed by atoms with Crippen LogP contribution in [0.1, 0.15) is 11.6 Å². The topological polar surface area (TPSA) is 99.7 Å². The molecule has 25 heavy (non-hydrogen) atoms. The number of aromatic nitrogens is 1. The smallest absolute Gasteiger partial charge is 0.313 e. The fourth-order valence-corrected chi connectivity index (χ4v) is 5.75. The number of amides is 2. The molecule has 1 saturated heterocycles. The molecule has 2 bridgehead atoms. The van der Waals surface area contributed by atoms with Crippen molar-refractivity contribution in [3.63, 3.8) is 0 Å². The van der Waals surface area contributed by atoms with Gasteiger partial charge in [-0.15, -0.1) is 0 Å². The SMILES string of the molecule is O=C1Nc2cnccc2C2CN(CCN2S(=O)(=O)c2ccsc2)C1=O. The van der Waals surface area contributed by atoms with Gasteiger partial charge >= 0.3 is 11.8 Å². The van der Waals surface area contributed by atoms with E-state index in [4.69, 9.17) is 0 Å². The minimum atomic E-state index is -3.70. The molecule has 0 aromatic carbocycles. The second kappa shape index (κ2) is 5.90. The van der Waals surface area contributed by atoms with E-state index >= 15 is 0 Å². The lowest BCUT2D eigenvalue weighted by molar-refractivity contribution is -0.144. The molecule has 2 aliphatic rings. The van der Waals surface area contributed by atoms with Gasteiger partial charge in [-0.25, -0.2) is 8.42 Å². The second-order valence-corrected chi connectivity index (χ2v) is 8.43. The third kappa shape index (κ3) is 2.62. The summed E-state index contributed by atoms with van der Waals surface area (Å²) in [4.78, 5) is 29.9. The highest BCUT2D eigenvalue weighted by Crippen LogP contribution is 2.36. The maximum Gasteiger partial charge on any atom is 0.313 e. The molecule has 0 radical (unpaired) electrons. The second-order valence-electron chi connectivity index (χ2n) is 5.76. The van der Waals surface area contributed by atoms with Gasteiger partial charge in [-0.1, -0.05) is 0 Å². The van der Waals surface area contributed by atoms with E-state index in [1.807, 2.05) is 0 Å². The van der Waals surface area contributed by atoms with Crippen molar-refractivity contribution in [3.8, 4) is 0 Å². The summed E-state index contributed by atoms with van der Waals surface area (Å²) in [6.45, 7) is 0.433. The zero-order chi connectivity index (χ0) is 17.6. The third-order valence-corrected chi connectivity index (χ3v) is 7.11. The summed E-state index contributed by atoms with van der Waals surface area (Å²) >= 11 is 1.31. The first-order valence-corrected chi connectivity index (χ1v) is 9.95. The van der Waals surface area contributed by atoms with Crippen molar-refractivity contribution in [2.45, 2.75) is 10.9 Å². The Bertz CT molecular complexity index is 942. The zero-order valence-corrected chi connectivity index (χ0v) is 14.6. The Kier molecular flexibility index (Phi) is 3.82. The van der Waals surface area contributed by atoms with Gasteiger partial charge in [-0.2, -0.15) is 15.6 Å². The number of pyridine rings is 1. The molecule has 2 aliphatic heterocycles. The maximum atomic E-state index is 13.0. The number of piperazine rings is 1. The molecule has 4 rings (SSSR count). The first-order chi connectivity index (χ1) is 12.0. The number of anilines is 1. The fourth-order valence-electron chi connectivity index (χ4n) is 3.15. The lowest BCUT2D eigenvalue weighted by atomic mass is 10.0. The highest BCUT2D eigenvalue weighted by atomic mass is 32.2. The van der Waals surface area contributed by atoms with E-state index in [0.29, 0.717) is 11.3 Å². The summed E-state index contributed by atoms with van der Waals surface area (Å²) in [6, 6.07) is 2.66. The lowest BCUT2D eigenvalue weighted by Gasteiger charge is -2.41. The van der Waals surface area contributed by atoms with Gasteiger partial charge in [0.25, 0.3) is 0 Å². The molecule has 0 spiro atoms. The predicted molar refractivity (Wildman–Crippen MR) is 90.4 cm³/mol. The van der Waals surface area contributed by atoms with Gasteiger partial charge in [-0.3, -0.25) is 14.6 Å². The molecule has 2 amide bonds. The van der Waals surface area contributed by atoms with Crippen LogP contribution in [0.5, 0.6) is 0 Å². The van der Waals surface area contributed by atoms with Crippen LogP contribution in [0, 0.1) is 0 Å². The van der Waals surface area contributed by atoms with Gasteiger partial charge in [0.15, 0.2) is 0 Å². The molecule has 2 aromatic heterocycles. The van der Waals surface area contributed by atoms with E-state index in [2.05, 4.69) is 10.3 Å². The van der Waals surface area contributed by atoms with E-state index in [0.717, 1.165) is 0 Å². The first-order valence-electron chi connectivity index (χ1n) is 7.56. The van der Waals surface area contributed by atoms with E-state index in [1.165, 1.54) is 26.7 Å². The number of thiophene rings is 1. The zero-order valence-electron chi connectivity index (χ0n) is 13.0. The third-order valence-electron chi connectivity index (χ3n) is 4.38. The summed E-state index contributed by atoms with van der Waals surface area (Å²) in [7, 11) is -3.70. The summed E-state index contributed by atoms with van der Waals surface area (Å²) in [5.74, 6) is -1.39. The highest BCUT2D eigenvalue weighted by molar-refractivity contribution is 7.89. The molecular weight excluding hydrogens is 364 g/mol. The number of hydrogen-bond donors (Lipinski definition) is 1. The van der Waals surface area contributed by atoms with Crippen molar-refractivity contribution >= 4 is 38.9 Å². The predicted octanol–water partition coefficient (Wildman–Crippen LogP) is 0.669. The summed E-state index contributed by atoms with van der Waals surface area (Å²) in [6.07, 6.45) is 2.98. The molecule has 1 unspecified atom stereocenters. The molecule has 1 fully saturated rings. The number of carbonyl (C=O) groups excluding carboxylic acids is 2. The van der Waals surface area contributed by atoms with Crippen LogP contribution in [-0.4, -0.2) is 54.1 Å². The van der Waals surface area contributed by atoms with Crippen LogP contribution in [0.3, 0.4) is 0 Å². The Morgan fingerprint density at radius 3 is 2.84 bits per heavy atom. The average Bonchev–Trinajstić information content (AvgIpc) is 3.16. The quantitative estimate of drug-likeness (QED) is 0.775. The molecular formula is C15H14N4O4S2. The summed E-state index contributed by atoms with van der Waals surface area (Å²) in [5, 5.41) is 5.83. The van der Waals surface area contributed by atoms with Crippen LogP contribution < -0.4 is 5.32 Å². The standard InChI is InChI=1S/C15H14N4O4S2/c20-14-15(21)18-4-5-19(25(22,23)10-2-6-24-9-10)13(8-18)11-1-3-16-7-12(11)17-14/h1-3,6-7,9,13H,4-5,8H2,(H,17,20). The molecule has 10 heteroatoms. The van der Waals surface area contributed by atoms with E-state index in [-0.39, 0.29) is 24.5 Å². The molecule has 1 atom stereocenters. The van der Waals surface area contributed by atoms with Gasteiger partial charge < -0.3 is 10.2 Å². The van der Waals surface area contributed by atoms with Crippen LogP contribution in [-0.2, 0) is 19.6 Å². The Labute approximate surface area is 148 Å². The maximum absolute atomic E-state index is 13.0. The van der Waals surface area contributed by atoms with Crippen LogP contribution in [0.2, 0.25) is 0 Å². The van der Waals surface area contributed by atoms with Crippen LogP contribution >= 0.6 is 11.3 Å². The van der Waals surface area contributed by atoms with Gasteiger partial charge in [-0.05, 0) is 23.1 Å². The largest absolute Gasteiger partial charge is 0.331 e. The fraction of sp³-hybridized carbons (Fsp3) is 0.267. The number of fused-ring (bicyclic) bond motifs is 4. The number of rotatable bonds is 2. The molecule has 130 valence electrons. The lowest BCUT2D eigenvalue weighted by Crippen LogP contribution is -2.55. The van der Waals surface area contributed by atoms with Gasteiger partial charge in [0.1, 0.15) is 0 Å². The molecule has 4 heterocycles. The minimum Gasteiger partial charge on any atom is -0.331 e. The van der Waals surface area contributed by atoms with Crippen LogP contribution in [0.15, 0.2) is 40.2 Å². The van der Waals surface area contributed by atoms with Gasteiger partial charge in [0.05, 0.1) is 22.8 Å². The van der Waals surface area contributed by atoms with Gasteiger partial charge in [0.2, 0.25) is 10.0 Å². The van der Waals surface area contributed by atoms with Gasteiger partial charge in [0, 0.05) is 31.2 Å².